The second-order valence-corrected chi connectivity index (χ2v) is 2.40. The summed E-state index contributed by atoms with van der Waals surface area (Å²) < 4.78 is 5.07. The van der Waals surface area contributed by atoms with Gasteiger partial charge in [-0.25, -0.2) is 10.1 Å². The van der Waals surface area contributed by atoms with Crippen molar-refractivity contribution in [2.24, 2.45) is 4.99 Å². The zero-order chi connectivity index (χ0) is 8.55. The summed E-state index contributed by atoms with van der Waals surface area (Å²) in [5, 5.41) is 1.63. The van der Waals surface area contributed by atoms with Crippen LogP contribution in [-0.4, -0.2) is 19.9 Å². The molecule has 0 fully saturated rings. The second kappa shape index (κ2) is 2.53. The van der Waals surface area contributed by atoms with Crippen molar-refractivity contribution in [1.82, 2.24) is 0 Å². The van der Waals surface area contributed by atoms with Gasteiger partial charge in [-0.15, -0.1) is 0 Å². The lowest BCUT2D eigenvalue weighted by Crippen LogP contribution is -2.26. The molecule has 5 nitrogen and oxygen atoms in total. The van der Waals surface area contributed by atoms with Crippen molar-refractivity contribution in [3.63, 3.8) is 0 Å². The Morgan fingerprint density at radius 3 is 3.33 bits per heavy atom. The van der Waals surface area contributed by atoms with E-state index in [0.717, 1.165) is 0 Å². The highest BCUT2D eigenvalue weighted by Crippen LogP contribution is 2.37. The van der Waals surface area contributed by atoms with Crippen molar-refractivity contribution in [2.75, 3.05) is 24.5 Å². The minimum absolute atomic E-state index is 0.501. The normalized spacial score (nSPS) is 14.9. The van der Waals surface area contributed by atoms with E-state index >= 15 is 0 Å². The number of fused-ring (bicyclic) bond motifs is 1. The van der Waals surface area contributed by atoms with Crippen molar-refractivity contribution in [3.8, 4) is 0 Å². The topological polar surface area (TPSA) is 64.0 Å². The van der Waals surface area contributed by atoms with E-state index in [2.05, 4.69) is 4.99 Å². The van der Waals surface area contributed by atoms with Crippen molar-refractivity contribution in [3.05, 3.63) is 6.26 Å². The Hall–Kier alpha value is -1.49. The number of nitrogens with zero attached hydrogens (tertiary/aromatic N) is 2. The third-order valence-electron chi connectivity index (χ3n) is 1.70. The Morgan fingerprint density at radius 1 is 1.75 bits per heavy atom. The first-order valence-corrected chi connectivity index (χ1v) is 3.54. The number of hydrogen-bond donors (Lipinski definition) is 1. The summed E-state index contributed by atoms with van der Waals surface area (Å²) in [5.41, 5.74) is 6.89. The fourth-order valence-corrected chi connectivity index (χ4v) is 1.15. The lowest BCUT2D eigenvalue weighted by atomic mass is 10.4. The molecule has 5 heteroatoms. The van der Waals surface area contributed by atoms with E-state index in [0.29, 0.717) is 23.8 Å². The Kier molecular flexibility index (Phi) is 1.51. The van der Waals surface area contributed by atoms with Gasteiger partial charge in [-0.3, -0.25) is 4.84 Å². The number of nitrogens with two attached hydrogens (primary N) is 1. The predicted octanol–water partition coefficient (Wildman–Crippen LogP) is 0.946. The van der Waals surface area contributed by atoms with Gasteiger partial charge in [-0.1, -0.05) is 0 Å². The Bertz CT molecular complexity index is 318. The highest BCUT2D eigenvalue weighted by atomic mass is 16.7. The Labute approximate surface area is 69.4 Å². The Balaban J connectivity index is 2.48. The maximum atomic E-state index is 5.64. The van der Waals surface area contributed by atoms with E-state index in [1.165, 1.54) is 6.26 Å². The number of hydrogen-bond acceptors (Lipinski definition) is 5. The first-order valence-electron chi connectivity index (χ1n) is 3.54. The van der Waals surface area contributed by atoms with Crippen LogP contribution in [0.1, 0.15) is 0 Å². The average molecular weight is 167 g/mol. The van der Waals surface area contributed by atoms with E-state index in [1.54, 1.807) is 18.4 Å². The van der Waals surface area contributed by atoms with Crippen LogP contribution in [-0.2, 0) is 4.84 Å². The van der Waals surface area contributed by atoms with E-state index in [9.17, 15) is 0 Å². The third kappa shape index (κ3) is 0.868. The Morgan fingerprint density at radius 2 is 2.58 bits per heavy atom. The summed E-state index contributed by atoms with van der Waals surface area (Å²) in [6.45, 7) is 0.591. The number of nitrogen functional groups attached to an aromatic ring is 1. The number of rotatable bonds is 1. The van der Waals surface area contributed by atoms with Gasteiger partial charge >= 0.3 is 0 Å². The minimum atomic E-state index is 0.501. The van der Waals surface area contributed by atoms with Gasteiger partial charge < -0.3 is 10.2 Å². The van der Waals surface area contributed by atoms with E-state index < -0.39 is 0 Å². The summed E-state index contributed by atoms with van der Waals surface area (Å²) in [4.78, 5) is 9.08. The maximum absolute atomic E-state index is 5.64. The molecule has 0 unspecified atom stereocenters. The van der Waals surface area contributed by atoms with E-state index in [4.69, 9.17) is 15.0 Å². The molecule has 2 heterocycles. The fraction of sp³-hybridized carbons (Fsp3) is 0.286. The van der Waals surface area contributed by atoms with Gasteiger partial charge in [-0.2, -0.15) is 0 Å². The molecule has 0 radical (unpaired) electrons. The van der Waals surface area contributed by atoms with Crippen LogP contribution in [0, 0.1) is 0 Å². The lowest BCUT2D eigenvalue weighted by molar-refractivity contribution is 0.177. The largest absolute Gasteiger partial charge is 0.443 e. The molecule has 0 atom stereocenters. The van der Waals surface area contributed by atoms with Crippen LogP contribution in [0.25, 0.3) is 0 Å². The average Bonchev–Trinajstić information content (AvgIpc) is 2.48. The minimum Gasteiger partial charge on any atom is -0.443 e. The van der Waals surface area contributed by atoms with Crippen molar-refractivity contribution in [2.45, 2.75) is 0 Å². The molecule has 0 aliphatic carbocycles. The smallest absolute Gasteiger partial charge is 0.247 e. The molecule has 1 aromatic rings. The quantitative estimate of drug-likeness (QED) is 0.676. The van der Waals surface area contributed by atoms with Gasteiger partial charge in [0.25, 0.3) is 0 Å². The van der Waals surface area contributed by atoms with Crippen LogP contribution in [0.5, 0.6) is 0 Å². The molecule has 64 valence electrons. The second-order valence-electron chi connectivity index (χ2n) is 2.40. The van der Waals surface area contributed by atoms with E-state index in [-0.39, 0.29) is 0 Å². The summed E-state index contributed by atoms with van der Waals surface area (Å²) in [6, 6.07) is 0. The van der Waals surface area contributed by atoms with Gasteiger partial charge in [0, 0.05) is 6.21 Å². The molecule has 0 amide bonds. The SMILES string of the molecule is CON1CC=Nc2occ(N)c21. The van der Waals surface area contributed by atoms with Crippen LogP contribution in [0.2, 0.25) is 0 Å². The van der Waals surface area contributed by atoms with Crippen LogP contribution in [0.3, 0.4) is 0 Å². The van der Waals surface area contributed by atoms with Gasteiger partial charge in [0.15, 0.2) is 5.69 Å². The first-order chi connectivity index (χ1) is 5.83. The van der Waals surface area contributed by atoms with Crippen molar-refractivity contribution >= 4 is 23.5 Å². The molecule has 0 bridgehead atoms. The molecule has 0 saturated carbocycles. The molecule has 0 saturated heterocycles. The summed E-state index contributed by atoms with van der Waals surface area (Å²) in [7, 11) is 1.58. The highest BCUT2D eigenvalue weighted by molar-refractivity contribution is 5.84. The molecule has 0 spiro atoms. The fourth-order valence-electron chi connectivity index (χ4n) is 1.15. The molecule has 1 aromatic heterocycles. The first kappa shape index (κ1) is 7.17. The number of anilines is 2. The highest BCUT2D eigenvalue weighted by Gasteiger charge is 2.20. The molecule has 0 aromatic carbocycles. The third-order valence-corrected chi connectivity index (χ3v) is 1.70. The van der Waals surface area contributed by atoms with Crippen molar-refractivity contribution < 1.29 is 9.25 Å². The maximum Gasteiger partial charge on any atom is 0.247 e. The van der Waals surface area contributed by atoms with Crippen molar-refractivity contribution in [1.29, 1.82) is 0 Å². The summed E-state index contributed by atoms with van der Waals surface area (Å²) >= 11 is 0. The van der Waals surface area contributed by atoms with Crippen LogP contribution < -0.4 is 10.8 Å². The molecule has 2 N–H and O–H groups in total. The predicted molar refractivity (Wildman–Crippen MR) is 45.6 cm³/mol. The summed E-state index contributed by atoms with van der Waals surface area (Å²) in [6.07, 6.45) is 3.16. The van der Waals surface area contributed by atoms with Gasteiger partial charge in [0.1, 0.15) is 6.26 Å². The van der Waals surface area contributed by atoms with Gasteiger partial charge in [0.05, 0.1) is 19.3 Å². The van der Waals surface area contributed by atoms with Crippen LogP contribution >= 0.6 is 0 Å². The number of aliphatic imine (C=N–C) groups is 1. The molecule has 1 aliphatic rings. The monoisotopic (exact) mass is 167 g/mol. The van der Waals surface area contributed by atoms with Crippen LogP contribution in [0.15, 0.2) is 15.7 Å². The number of furan rings is 1. The number of hydroxylamine groups is 1. The molecular weight excluding hydrogens is 158 g/mol. The van der Waals surface area contributed by atoms with E-state index in [1.807, 2.05) is 0 Å². The lowest BCUT2D eigenvalue weighted by Gasteiger charge is -2.21. The molecule has 12 heavy (non-hydrogen) atoms. The molecule has 1 aliphatic heterocycles. The van der Waals surface area contributed by atoms with Gasteiger partial charge in [0.2, 0.25) is 5.88 Å². The standard InChI is InChI=1S/C7H9N3O2/c1-11-10-3-2-9-7-6(10)5(8)4-12-7/h2,4H,3,8H2,1H3. The zero-order valence-corrected chi connectivity index (χ0v) is 6.65. The van der Waals surface area contributed by atoms with Gasteiger partial charge in [-0.05, 0) is 0 Å². The molecule has 2 rings (SSSR count). The van der Waals surface area contributed by atoms with Crippen LogP contribution in [0.4, 0.5) is 17.3 Å². The zero-order valence-electron chi connectivity index (χ0n) is 6.65. The molecular formula is C7H9N3O2. The summed E-state index contributed by atoms with van der Waals surface area (Å²) in [5.74, 6) is 0.501.